The molecule has 2 aromatic rings. The second-order valence-electron chi connectivity index (χ2n) is 3.43. The molecule has 74 valence electrons. The van der Waals surface area contributed by atoms with Crippen LogP contribution in [-0.4, -0.2) is 0 Å². The first kappa shape index (κ1) is 13.1. The molecule has 0 saturated heterocycles. The monoisotopic (exact) mass is 219 g/mol. The second kappa shape index (κ2) is 5.37. The van der Waals surface area contributed by atoms with Crippen LogP contribution in [0, 0.1) is 31.2 Å². The fourth-order valence-electron chi connectivity index (χ4n) is 1.55. The van der Waals surface area contributed by atoms with Gasteiger partial charge in [0.1, 0.15) is 0 Å². The third kappa shape index (κ3) is 2.57. The van der Waals surface area contributed by atoms with Crippen LogP contribution in [0.25, 0.3) is 10.4 Å². The molecule has 3 heteroatoms. The van der Waals surface area contributed by atoms with Gasteiger partial charge in [-0.1, -0.05) is 24.6 Å². The third-order valence-electron chi connectivity index (χ3n) is 2.24. The minimum Gasteiger partial charge on any atom is -0.262 e. The standard InChI is InChI=1S/C13H10NS.Li/c1-9-7-10(2)15-13(9)12-5-3-11(8-14)4-6-12;/h3-6H,1-2H3;/q-1;+1. The number of thiophene rings is 1. The molecule has 0 saturated carbocycles. The maximum atomic E-state index is 8.70. The van der Waals surface area contributed by atoms with Gasteiger partial charge in [-0.3, -0.25) is 11.3 Å². The summed E-state index contributed by atoms with van der Waals surface area (Å²) in [6.07, 6.45) is 0. The number of benzene rings is 1. The fraction of sp³-hybridized carbons (Fsp3) is 0.154. The van der Waals surface area contributed by atoms with E-state index in [2.05, 4.69) is 26.0 Å². The van der Waals surface area contributed by atoms with E-state index in [9.17, 15) is 0 Å². The van der Waals surface area contributed by atoms with Gasteiger partial charge < -0.3 is 0 Å². The van der Waals surface area contributed by atoms with Crippen LogP contribution in [0.15, 0.2) is 24.3 Å². The van der Waals surface area contributed by atoms with Gasteiger partial charge in [0.05, 0.1) is 11.6 Å². The van der Waals surface area contributed by atoms with Crippen molar-refractivity contribution in [2.24, 2.45) is 0 Å². The summed E-state index contributed by atoms with van der Waals surface area (Å²) in [5.74, 6) is 0. The van der Waals surface area contributed by atoms with Crippen molar-refractivity contribution in [3.05, 3.63) is 46.3 Å². The minimum absolute atomic E-state index is 0. The largest absolute Gasteiger partial charge is 1.00 e. The van der Waals surface area contributed by atoms with Gasteiger partial charge in [0, 0.05) is 0 Å². The summed E-state index contributed by atoms with van der Waals surface area (Å²) in [5, 5.41) is 8.70. The zero-order valence-corrected chi connectivity index (χ0v) is 10.5. The SMILES string of the molecule is Cc1[c-]c(C)c(-c2ccc(C#N)cc2)s1.[Li+]. The molecule has 16 heavy (non-hydrogen) atoms. The molecule has 1 heterocycles. The summed E-state index contributed by atoms with van der Waals surface area (Å²) < 4.78 is 0. The molecule has 1 aromatic carbocycles. The molecule has 0 aliphatic carbocycles. The molecule has 2 rings (SSSR count). The van der Waals surface area contributed by atoms with Gasteiger partial charge in [-0.15, -0.1) is 9.75 Å². The van der Waals surface area contributed by atoms with E-state index < -0.39 is 0 Å². The van der Waals surface area contributed by atoms with E-state index in [0.29, 0.717) is 5.56 Å². The molecule has 0 unspecified atom stereocenters. The Morgan fingerprint density at radius 1 is 1.19 bits per heavy atom. The van der Waals surface area contributed by atoms with Gasteiger partial charge in [-0.25, -0.2) is 11.6 Å². The maximum Gasteiger partial charge on any atom is 1.00 e. The number of rotatable bonds is 1. The van der Waals surface area contributed by atoms with Gasteiger partial charge >= 0.3 is 18.9 Å². The Bertz CT molecular complexity index is 520. The summed E-state index contributed by atoms with van der Waals surface area (Å²) in [6, 6.07) is 13.1. The Morgan fingerprint density at radius 3 is 2.25 bits per heavy atom. The van der Waals surface area contributed by atoms with Crippen LogP contribution in [-0.2, 0) is 0 Å². The topological polar surface area (TPSA) is 23.8 Å². The van der Waals surface area contributed by atoms with Crippen molar-refractivity contribution in [1.82, 2.24) is 0 Å². The van der Waals surface area contributed by atoms with E-state index in [0.717, 1.165) is 0 Å². The first-order valence-electron chi connectivity index (χ1n) is 4.70. The second-order valence-corrected chi connectivity index (χ2v) is 4.65. The maximum absolute atomic E-state index is 8.70. The Kier molecular flexibility index (Phi) is 4.39. The molecule has 0 aliphatic heterocycles. The smallest absolute Gasteiger partial charge is 0.262 e. The van der Waals surface area contributed by atoms with Crippen LogP contribution in [0.2, 0.25) is 0 Å². The molecule has 0 spiro atoms. The van der Waals surface area contributed by atoms with Crippen molar-refractivity contribution in [3.63, 3.8) is 0 Å². The van der Waals surface area contributed by atoms with Gasteiger partial charge in [-0.05, 0) is 19.1 Å². The summed E-state index contributed by atoms with van der Waals surface area (Å²) in [5.41, 5.74) is 3.05. The predicted molar refractivity (Wildman–Crippen MR) is 62.8 cm³/mol. The molecule has 0 aliphatic rings. The number of hydrogen-bond donors (Lipinski definition) is 0. The minimum atomic E-state index is 0. The molecular weight excluding hydrogens is 209 g/mol. The van der Waals surface area contributed by atoms with Crippen molar-refractivity contribution in [3.8, 4) is 16.5 Å². The Hall–Kier alpha value is -0.993. The Balaban J connectivity index is 0.00000128. The molecule has 0 amide bonds. The average Bonchev–Trinajstić information content (AvgIpc) is 2.58. The number of aryl methyl sites for hydroxylation is 2. The van der Waals surface area contributed by atoms with E-state index in [-0.39, 0.29) is 18.9 Å². The molecule has 0 bridgehead atoms. The fourth-order valence-corrected chi connectivity index (χ4v) is 2.52. The number of hydrogen-bond acceptors (Lipinski definition) is 2. The van der Waals surface area contributed by atoms with Crippen LogP contribution >= 0.6 is 11.3 Å². The zero-order valence-electron chi connectivity index (χ0n) is 9.66. The molecule has 1 nitrogen and oxygen atoms in total. The normalized spacial score (nSPS) is 9.31. The van der Waals surface area contributed by atoms with Gasteiger partial charge in [0.2, 0.25) is 0 Å². The van der Waals surface area contributed by atoms with Gasteiger partial charge in [-0.2, -0.15) is 5.26 Å². The van der Waals surface area contributed by atoms with Gasteiger partial charge in [0.15, 0.2) is 0 Å². The van der Waals surface area contributed by atoms with Crippen molar-refractivity contribution in [2.45, 2.75) is 13.8 Å². The molecule has 0 atom stereocenters. The third-order valence-corrected chi connectivity index (χ3v) is 3.39. The predicted octanol–water partition coefficient (Wildman–Crippen LogP) is 0.708. The Morgan fingerprint density at radius 2 is 1.81 bits per heavy atom. The quantitative estimate of drug-likeness (QED) is 0.512. The summed E-state index contributed by atoms with van der Waals surface area (Å²) in [4.78, 5) is 2.45. The molecule has 0 radical (unpaired) electrons. The van der Waals surface area contributed by atoms with Crippen LogP contribution < -0.4 is 18.9 Å². The van der Waals surface area contributed by atoms with Crippen molar-refractivity contribution >= 4 is 11.3 Å². The molecule has 0 N–H and O–H groups in total. The number of nitrogens with zero attached hydrogens (tertiary/aromatic N) is 1. The molecule has 0 fully saturated rings. The van der Waals surface area contributed by atoms with E-state index in [4.69, 9.17) is 5.26 Å². The number of nitriles is 1. The van der Waals surface area contributed by atoms with E-state index in [1.54, 1.807) is 11.3 Å². The first-order chi connectivity index (χ1) is 7.20. The van der Waals surface area contributed by atoms with Crippen molar-refractivity contribution < 1.29 is 18.9 Å². The zero-order chi connectivity index (χ0) is 10.8. The van der Waals surface area contributed by atoms with Crippen LogP contribution in [0.4, 0.5) is 0 Å². The van der Waals surface area contributed by atoms with Crippen LogP contribution in [0.5, 0.6) is 0 Å². The molecule has 1 aromatic heterocycles. The summed E-state index contributed by atoms with van der Waals surface area (Å²) in [7, 11) is 0. The average molecular weight is 219 g/mol. The van der Waals surface area contributed by atoms with Crippen molar-refractivity contribution in [2.75, 3.05) is 0 Å². The van der Waals surface area contributed by atoms with Gasteiger partial charge in [0.25, 0.3) is 0 Å². The first-order valence-corrected chi connectivity index (χ1v) is 5.52. The van der Waals surface area contributed by atoms with Crippen LogP contribution in [0.1, 0.15) is 16.0 Å². The van der Waals surface area contributed by atoms with Crippen molar-refractivity contribution in [1.29, 1.82) is 5.26 Å². The van der Waals surface area contributed by atoms with Crippen LogP contribution in [0.3, 0.4) is 0 Å². The summed E-state index contributed by atoms with van der Waals surface area (Å²) in [6.45, 7) is 4.13. The van der Waals surface area contributed by atoms with E-state index in [1.165, 1.54) is 20.9 Å². The van der Waals surface area contributed by atoms with E-state index >= 15 is 0 Å². The Labute approximate surface area is 112 Å². The summed E-state index contributed by atoms with van der Waals surface area (Å²) >= 11 is 1.74. The van der Waals surface area contributed by atoms with E-state index in [1.807, 2.05) is 24.3 Å². The molecular formula is C13H10LiNS.